The number of aromatic nitrogens is 2. The lowest BCUT2D eigenvalue weighted by atomic mass is 10.00. The summed E-state index contributed by atoms with van der Waals surface area (Å²) in [5.41, 5.74) is 8.55. The van der Waals surface area contributed by atoms with E-state index in [1.807, 2.05) is 18.2 Å². The highest BCUT2D eigenvalue weighted by Gasteiger charge is 2.18. The monoisotopic (exact) mass is 304 g/mol. The minimum absolute atomic E-state index is 0.184. The summed E-state index contributed by atoms with van der Waals surface area (Å²) in [4.78, 5) is 0. The maximum Gasteiger partial charge on any atom is 0.140 e. The largest absolute Gasteiger partial charge is 0.383 e. The van der Waals surface area contributed by atoms with Crippen LogP contribution in [0.25, 0.3) is 10.8 Å². The molecule has 2 N–H and O–H groups in total. The Bertz CT molecular complexity index is 881. The smallest absolute Gasteiger partial charge is 0.140 e. The van der Waals surface area contributed by atoms with Gasteiger partial charge in [0.15, 0.2) is 0 Å². The Kier molecular flexibility index (Phi) is 4.03. The molecular formula is C19H20N4. The molecule has 23 heavy (non-hydrogen) atoms. The summed E-state index contributed by atoms with van der Waals surface area (Å²) >= 11 is 0. The fraction of sp³-hybridized carbons (Fsp3) is 0.263. The predicted octanol–water partition coefficient (Wildman–Crippen LogP) is 4.05. The van der Waals surface area contributed by atoms with E-state index in [1.165, 1.54) is 10.8 Å². The van der Waals surface area contributed by atoms with Crippen LogP contribution in [0, 0.1) is 11.3 Å². The van der Waals surface area contributed by atoms with Crippen molar-refractivity contribution in [3.63, 3.8) is 0 Å². The molecule has 4 heteroatoms. The van der Waals surface area contributed by atoms with Gasteiger partial charge in [-0.3, -0.25) is 0 Å². The van der Waals surface area contributed by atoms with E-state index in [2.05, 4.69) is 49.3 Å². The van der Waals surface area contributed by atoms with Crippen LogP contribution < -0.4 is 5.73 Å². The molecule has 0 fully saturated rings. The van der Waals surface area contributed by atoms with Crippen molar-refractivity contribution < 1.29 is 0 Å². The highest BCUT2D eigenvalue weighted by atomic mass is 15.3. The van der Waals surface area contributed by atoms with Crippen molar-refractivity contribution in [3.8, 4) is 6.07 Å². The molecule has 0 radical (unpaired) electrons. The van der Waals surface area contributed by atoms with Crippen LogP contribution in [-0.2, 0) is 6.42 Å². The van der Waals surface area contributed by atoms with E-state index in [9.17, 15) is 5.26 Å². The van der Waals surface area contributed by atoms with Crippen molar-refractivity contribution in [1.29, 1.82) is 5.26 Å². The normalized spacial score (nSPS) is 12.2. The van der Waals surface area contributed by atoms with E-state index in [0.29, 0.717) is 17.8 Å². The summed E-state index contributed by atoms with van der Waals surface area (Å²) in [5, 5.41) is 16.5. The Morgan fingerprint density at radius 3 is 2.70 bits per heavy atom. The molecule has 116 valence electrons. The van der Waals surface area contributed by atoms with Crippen LogP contribution in [0.4, 0.5) is 5.82 Å². The minimum atomic E-state index is 0.184. The van der Waals surface area contributed by atoms with E-state index >= 15 is 0 Å². The van der Waals surface area contributed by atoms with Gasteiger partial charge in [-0.2, -0.15) is 10.4 Å². The zero-order valence-corrected chi connectivity index (χ0v) is 13.5. The Morgan fingerprint density at radius 2 is 1.96 bits per heavy atom. The van der Waals surface area contributed by atoms with Crippen LogP contribution in [0.5, 0.6) is 0 Å². The van der Waals surface area contributed by atoms with E-state index in [1.54, 1.807) is 4.68 Å². The maximum atomic E-state index is 9.48. The zero-order valence-electron chi connectivity index (χ0n) is 13.5. The van der Waals surface area contributed by atoms with Gasteiger partial charge in [0.05, 0.1) is 11.7 Å². The molecule has 0 amide bonds. The Labute approximate surface area is 136 Å². The van der Waals surface area contributed by atoms with Crippen molar-refractivity contribution in [2.45, 2.75) is 32.7 Å². The van der Waals surface area contributed by atoms with Crippen molar-refractivity contribution >= 4 is 16.6 Å². The molecule has 0 aliphatic rings. The average molecular weight is 304 g/mol. The number of nitrogen functional groups attached to an aromatic ring is 1. The van der Waals surface area contributed by atoms with Gasteiger partial charge in [0.2, 0.25) is 0 Å². The van der Waals surface area contributed by atoms with Crippen LogP contribution >= 0.6 is 0 Å². The Balaban J connectivity index is 2.07. The highest BCUT2D eigenvalue weighted by Crippen LogP contribution is 2.26. The first-order valence-electron chi connectivity index (χ1n) is 7.89. The van der Waals surface area contributed by atoms with Crippen LogP contribution in [0.1, 0.15) is 43.1 Å². The third-order valence-corrected chi connectivity index (χ3v) is 4.38. The van der Waals surface area contributed by atoms with Gasteiger partial charge >= 0.3 is 0 Å². The summed E-state index contributed by atoms with van der Waals surface area (Å²) in [6.45, 7) is 4.15. The molecule has 1 atom stereocenters. The standard InChI is InChI=1S/C19H20N4/c1-3-13(2)23-19(21)17(12-20)18(22-23)11-15-9-6-8-14-7-4-5-10-16(14)15/h4-10,13H,3,11,21H2,1-2H3. The fourth-order valence-electron chi connectivity index (χ4n) is 2.88. The number of anilines is 1. The molecule has 3 aromatic rings. The van der Waals surface area contributed by atoms with Crippen molar-refractivity contribution in [2.75, 3.05) is 5.73 Å². The molecule has 0 spiro atoms. The number of hydrogen-bond acceptors (Lipinski definition) is 3. The molecule has 0 aliphatic carbocycles. The molecule has 0 saturated carbocycles. The predicted molar refractivity (Wildman–Crippen MR) is 93.1 cm³/mol. The molecule has 0 aliphatic heterocycles. The number of rotatable bonds is 4. The minimum Gasteiger partial charge on any atom is -0.383 e. The molecule has 3 rings (SSSR count). The summed E-state index contributed by atoms with van der Waals surface area (Å²) in [6, 6.07) is 16.9. The molecule has 2 aromatic carbocycles. The molecule has 1 heterocycles. The molecular weight excluding hydrogens is 284 g/mol. The van der Waals surface area contributed by atoms with Gasteiger partial charge in [-0.15, -0.1) is 0 Å². The third kappa shape index (κ3) is 2.66. The van der Waals surface area contributed by atoms with Crippen molar-refractivity contribution in [2.24, 2.45) is 0 Å². The number of nitriles is 1. The van der Waals surface area contributed by atoms with Crippen molar-refractivity contribution in [3.05, 3.63) is 59.3 Å². The summed E-state index contributed by atoms with van der Waals surface area (Å²) in [6.07, 6.45) is 1.53. The topological polar surface area (TPSA) is 67.6 Å². The van der Waals surface area contributed by atoms with Gasteiger partial charge in [0.25, 0.3) is 0 Å². The van der Waals surface area contributed by atoms with Crippen LogP contribution in [-0.4, -0.2) is 9.78 Å². The highest BCUT2D eigenvalue weighted by molar-refractivity contribution is 5.86. The first-order valence-corrected chi connectivity index (χ1v) is 7.89. The van der Waals surface area contributed by atoms with Crippen molar-refractivity contribution in [1.82, 2.24) is 9.78 Å². The average Bonchev–Trinajstić information content (AvgIpc) is 2.90. The first-order chi connectivity index (χ1) is 11.2. The number of nitrogens with two attached hydrogens (primary N) is 1. The number of hydrogen-bond donors (Lipinski definition) is 1. The SMILES string of the molecule is CCC(C)n1nc(Cc2cccc3ccccc23)c(C#N)c1N. The van der Waals surface area contributed by atoms with E-state index in [0.717, 1.165) is 17.7 Å². The van der Waals surface area contributed by atoms with Crippen LogP contribution in [0.15, 0.2) is 42.5 Å². The summed E-state index contributed by atoms with van der Waals surface area (Å²) in [5.74, 6) is 0.470. The third-order valence-electron chi connectivity index (χ3n) is 4.38. The zero-order chi connectivity index (χ0) is 16.4. The second-order valence-corrected chi connectivity index (χ2v) is 5.84. The lowest BCUT2D eigenvalue weighted by Crippen LogP contribution is -2.09. The second-order valence-electron chi connectivity index (χ2n) is 5.84. The number of benzene rings is 2. The fourth-order valence-corrected chi connectivity index (χ4v) is 2.88. The van der Waals surface area contributed by atoms with E-state index < -0.39 is 0 Å². The van der Waals surface area contributed by atoms with E-state index in [4.69, 9.17) is 5.73 Å². The summed E-state index contributed by atoms with van der Waals surface area (Å²) in [7, 11) is 0. The summed E-state index contributed by atoms with van der Waals surface area (Å²) < 4.78 is 1.78. The first kappa shape index (κ1) is 15.1. The van der Waals surface area contributed by atoms with E-state index in [-0.39, 0.29) is 6.04 Å². The molecule has 0 bridgehead atoms. The Morgan fingerprint density at radius 1 is 1.22 bits per heavy atom. The van der Waals surface area contributed by atoms with Crippen LogP contribution in [0.3, 0.4) is 0 Å². The van der Waals surface area contributed by atoms with Gasteiger partial charge in [-0.05, 0) is 29.7 Å². The quantitative estimate of drug-likeness (QED) is 0.790. The second kappa shape index (κ2) is 6.13. The van der Waals surface area contributed by atoms with Gasteiger partial charge in [0, 0.05) is 6.42 Å². The van der Waals surface area contributed by atoms with Crippen LogP contribution in [0.2, 0.25) is 0 Å². The van der Waals surface area contributed by atoms with Gasteiger partial charge in [-0.25, -0.2) is 4.68 Å². The number of nitrogens with zero attached hydrogens (tertiary/aromatic N) is 3. The molecule has 0 saturated heterocycles. The lowest BCUT2D eigenvalue weighted by Gasteiger charge is -2.10. The van der Waals surface area contributed by atoms with Gasteiger partial charge in [0.1, 0.15) is 17.5 Å². The van der Waals surface area contributed by atoms with Gasteiger partial charge in [-0.1, -0.05) is 49.4 Å². The maximum absolute atomic E-state index is 9.48. The lowest BCUT2D eigenvalue weighted by molar-refractivity contribution is 0.481. The van der Waals surface area contributed by atoms with Gasteiger partial charge < -0.3 is 5.73 Å². The molecule has 4 nitrogen and oxygen atoms in total. The molecule has 1 aromatic heterocycles. The molecule has 1 unspecified atom stereocenters. The Hall–Kier alpha value is -2.80. The number of fused-ring (bicyclic) bond motifs is 1.